The minimum Gasteiger partial charge on any atom is -0.344 e. The number of hydrogen-bond acceptors (Lipinski definition) is 4. The summed E-state index contributed by atoms with van der Waals surface area (Å²) >= 11 is 4.08. The number of carbonyl (C=O) groups excluding carboxylic acids is 2. The SMILES string of the molecule is CC(=O)NC(CS)C(=O)N(C)Cc1cnn(C)c1. The normalized spacial score (nSPS) is 12.0. The Morgan fingerprint density at radius 2 is 2.28 bits per heavy atom. The van der Waals surface area contributed by atoms with Crippen molar-refractivity contribution in [2.45, 2.75) is 19.5 Å². The third kappa shape index (κ3) is 4.06. The van der Waals surface area contributed by atoms with Gasteiger partial charge in [0.05, 0.1) is 6.20 Å². The highest BCUT2D eigenvalue weighted by Crippen LogP contribution is 2.04. The van der Waals surface area contributed by atoms with E-state index in [9.17, 15) is 9.59 Å². The first kappa shape index (κ1) is 14.6. The quantitative estimate of drug-likeness (QED) is 0.729. The Bertz CT molecular complexity index is 432. The van der Waals surface area contributed by atoms with Crippen molar-refractivity contribution in [1.29, 1.82) is 0 Å². The third-order valence-corrected chi connectivity index (χ3v) is 2.78. The van der Waals surface area contributed by atoms with E-state index in [0.717, 1.165) is 5.56 Å². The lowest BCUT2D eigenvalue weighted by Gasteiger charge is -2.22. The number of thiol groups is 1. The maximum atomic E-state index is 12.1. The lowest BCUT2D eigenvalue weighted by atomic mass is 10.2. The van der Waals surface area contributed by atoms with E-state index in [1.54, 1.807) is 22.8 Å². The molecular formula is C11H18N4O2S. The molecule has 1 aromatic heterocycles. The molecule has 0 aliphatic rings. The largest absolute Gasteiger partial charge is 0.344 e. The van der Waals surface area contributed by atoms with Gasteiger partial charge in [-0.1, -0.05) is 0 Å². The molecule has 0 aliphatic carbocycles. The predicted octanol–water partition coefficient (Wildman–Crippen LogP) is -0.187. The van der Waals surface area contributed by atoms with Crippen molar-refractivity contribution in [2.24, 2.45) is 7.05 Å². The monoisotopic (exact) mass is 270 g/mol. The zero-order chi connectivity index (χ0) is 13.7. The third-order valence-electron chi connectivity index (χ3n) is 2.41. The first-order valence-electron chi connectivity index (χ1n) is 5.54. The summed E-state index contributed by atoms with van der Waals surface area (Å²) in [6.07, 6.45) is 3.55. The lowest BCUT2D eigenvalue weighted by Crippen LogP contribution is -2.47. The molecular weight excluding hydrogens is 252 g/mol. The van der Waals surface area contributed by atoms with Crippen LogP contribution in [0.3, 0.4) is 0 Å². The molecule has 1 aromatic rings. The standard InChI is InChI=1S/C11H18N4O2S/c1-8(16)13-10(7-18)11(17)14(2)5-9-4-12-15(3)6-9/h4,6,10,18H,5,7H2,1-3H3,(H,13,16). The topological polar surface area (TPSA) is 67.2 Å². The number of amides is 2. The van der Waals surface area contributed by atoms with Gasteiger partial charge >= 0.3 is 0 Å². The van der Waals surface area contributed by atoms with Crippen molar-refractivity contribution in [3.05, 3.63) is 18.0 Å². The molecule has 1 N–H and O–H groups in total. The minimum absolute atomic E-state index is 0.163. The van der Waals surface area contributed by atoms with Crippen LogP contribution < -0.4 is 5.32 Å². The van der Waals surface area contributed by atoms with Gasteiger partial charge in [0.1, 0.15) is 6.04 Å². The number of hydrogen-bond donors (Lipinski definition) is 2. The smallest absolute Gasteiger partial charge is 0.246 e. The number of aryl methyl sites for hydroxylation is 1. The molecule has 2 amide bonds. The molecule has 1 rings (SSSR count). The first-order valence-corrected chi connectivity index (χ1v) is 6.17. The molecule has 1 unspecified atom stereocenters. The number of rotatable bonds is 5. The molecule has 0 fully saturated rings. The number of aromatic nitrogens is 2. The lowest BCUT2D eigenvalue weighted by molar-refractivity contribution is -0.134. The fourth-order valence-electron chi connectivity index (χ4n) is 1.60. The molecule has 0 saturated carbocycles. The Kier molecular flexibility index (Phi) is 5.21. The van der Waals surface area contributed by atoms with E-state index in [2.05, 4.69) is 23.0 Å². The van der Waals surface area contributed by atoms with Crippen LogP contribution in [0, 0.1) is 0 Å². The highest BCUT2D eigenvalue weighted by Gasteiger charge is 2.21. The number of carbonyl (C=O) groups is 2. The Morgan fingerprint density at radius 3 is 2.72 bits per heavy atom. The summed E-state index contributed by atoms with van der Waals surface area (Å²) in [5.41, 5.74) is 0.939. The molecule has 6 nitrogen and oxygen atoms in total. The van der Waals surface area contributed by atoms with Crippen molar-refractivity contribution < 1.29 is 9.59 Å². The Hall–Kier alpha value is -1.50. The summed E-state index contributed by atoms with van der Waals surface area (Å²) in [4.78, 5) is 24.6. The summed E-state index contributed by atoms with van der Waals surface area (Å²) in [6, 6.07) is -0.590. The highest BCUT2D eigenvalue weighted by molar-refractivity contribution is 7.80. The summed E-state index contributed by atoms with van der Waals surface area (Å²) < 4.78 is 1.68. The van der Waals surface area contributed by atoms with Crippen molar-refractivity contribution in [3.8, 4) is 0 Å². The molecule has 1 atom stereocenters. The Labute approximate surface area is 112 Å². The van der Waals surface area contributed by atoms with Gasteiger partial charge in [-0.25, -0.2) is 0 Å². The fraction of sp³-hybridized carbons (Fsp3) is 0.545. The summed E-state index contributed by atoms with van der Waals surface area (Å²) in [5, 5.41) is 6.61. The molecule has 0 bridgehead atoms. The van der Waals surface area contributed by atoms with Gasteiger partial charge in [0, 0.05) is 45.1 Å². The minimum atomic E-state index is -0.590. The van der Waals surface area contributed by atoms with Gasteiger partial charge in [0.15, 0.2) is 0 Å². The Morgan fingerprint density at radius 1 is 1.61 bits per heavy atom. The first-order chi connectivity index (χ1) is 8.43. The van der Waals surface area contributed by atoms with Crippen LogP contribution in [-0.2, 0) is 23.2 Å². The van der Waals surface area contributed by atoms with E-state index in [1.807, 2.05) is 13.2 Å². The molecule has 0 aliphatic heterocycles. The Balaban J connectivity index is 2.61. The van der Waals surface area contributed by atoms with Crippen LogP contribution in [0.5, 0.6) is 0 Å². The van der Waals surface area contributed by atoms with Crippen molar-refractivity contribution >= 4 is 24.4 Å². The van der Waals surface area contributed by atoms with E-state index < -0.39 is 6.04 Å². The van der Waals surface area contributed by atoms with E-state index >= 15 is 0 Å². The molecule has 1 heterocycles. The van der Waals surface area contributed by atoms with E-state index in [-0.39, 0.29) is 17.6 Å². The number of nitrogens with zero attached hydrogens (tertiary/aromatic N) is 3. The van der Waals surface area contributed by atoms with Crippen LogP contribution in [0.1, 0.15) is 12.5 Å². The predicted molar refractivity (Wildman–Crippen MR) is 71.1 cm³/mol. The molecule has 0 radical (unpaired) electrons. The molecule has 100 valence electrons. The molecule has 0 aromatic carbocycles. The fourth-order valence-corrected chi connectivity index (χ4v) is 1.85. The highest BCUT2D eigenvalue weighted by atomic mass is 32.1. The van der Waals surface area contributed by atoms with Gasteiger partial charge < -0.3 is 10.2 Å². The average Bonchev–Trinajstić information content (AvgIpc) is 2.70. The van der Waals surface area contributed by atoms with E-state index in [0.29, 0.717) is 6.54 Å². The van der Waals surface area contributed by atoms with Crippen LogP contribution in [0.2, 0.25) is 0 Å². The second kappa shape index (κ2) is 6.44. The van der Waals surface area contributed by atoms with Gasteiger partial charge in [-0.15, -0.1) is 0 Å². The summed E-state index contributed by atoms with van der Waals surface area (Å²) in [6.45, 7) is 1.83. The number of likely N-dealkylation sites (N-methyl/N-ethyl adjacent to an activating group) is 1. The van der Waals surface area contributed by atoms with Crippen LogP contribution in [-0.4, -0.2) is 45.3 Å². The molecule has 7 heteroatoms. The van der Waals surface area contributed by atoms with Gasteiger partial charge in [-0.05, 0) is 0 Å². The maximum Gasteiger partial charge on any atom is 0.246 e. The second-order valence-corrected chi connectivity index (χ2v) is 4.52. The van der Waals surface area contributed by atoms with E-state index in [1.165, 1.54) is 6.92 Å². The van der Waals surface area contributed by atoms with Crippen LogP contribution in [0.15, 0.2) is 12.4 Å². The summed E-state index contributed by atoms with van der Waals surface area (Å²) in [5.74, 6) is -0.128. The maximum absolute atomic E-state index is 12.1. The van der Waals surface area contributed by atoms with Crippen LogP contribution >= 0.6 is 12.6 Å². The van der Waals surface area contributed by atoms with Crippen molar-refractivity contribution in [3.63, 3.8) is 0 Å². The second-order valence-electron chi connectivity index (χ2n) is 4.15. The summed E-state index contributed by atoms with van der Waals surface area (Å²) in [7, 11) is 3.51. The van der Waals surface area contributed by atoms with Crippen LogP contribution in [0.25, 0.3) is 0 Å². The molecule has 0 saturated heterocycles. The van der Waals surface area contributed by atoms with Gasteiger partial charge in [-0.3, -0.25) is 14.3 Å². The van der Waals surface area contributed by atoms with Crippen LogP contribution in [0.4, 0.5) is 0 Å². The average molecular weight is 270 g/mol. The van der Waals surface area contributed by atoms with E-state index in [4.69, 9.17) is 0 Å². The van der Waals surface area contributed by atoms with Gasteiger partial charge in [-0.2, -0.15) is 17.7 Å². The van der Waals surface area contributed by atoms with Gasteiger partial charge in [0.2, 0.25) is 11.8 Å². The van der Waals surface area contributed by atoms with Gasteiger partial charge in [0.25, 0.3) is 0 Å². The zero-order valence-electron chi connectivity index (χ0n) is 10.8. The van der Waals surface area contributed by atoms with Crippen molar-refractivity contribution in [2.75, 3.05) is 12.8 Å². The molecule has 18 heavy (non-hydrogen) atoms. The zero-order valence-corrected chi connectivity index (χ0v) is 11.6. The molecule has 0 spiro atoms. The number of nitrogens with one attached hydrogen (secondary N) is 1. The van der Waals surface area contributed by atoms with Crippen molar-refractivity contribution in [1.82, 2.24) is 20.0 Å².